The fraction of sp³-hybridized carbons (Fsp3) is 0.0667. The van der Waals surface area contributed by atoms with Crippen LogP contribution in [0.3, 0.4) is 0 Å². The van der Waals surface area contributed by atoms with Gasteiger partial charge in [-0.25, -0.2) is 0 Å². The SMILES string of the molecule is Cc1cccc2cc3ccccc3c(S)c12. The molecule has 16 heavy (non-hydrogen) atoms. The first-order valence-electron chi connectivity index (χ1n) is 5.37. The van der Waals surface area contributed by atoms with E-state index < -0.39 is 0 Å². The van der Waals surface area contributed by atoms with Crippen molar-refractivity contribution in [3.63, 3.8) is 0 Å². The maximum atomic E-state index is 4.69. The summed E-state index contributed by atoms with van der Waals surface area (Å²) in [6.45, 7) is 2.14. The summed E-state index contributed by atoms with van der Waals surface area (Å²) >= 11 is 4.69. The van der Waals surface area contributed by atoms with Crippen LogP contribution in [0, 0.1) is 6.92 Å². The maximum Gasteiger partial charge on any atom is 0.0200 e. The molecule has 0 aromatic heterocycles. The van der Waals surface area contributed by atoms with Gasteiger partial charge in [0, 0.05) is 4.90 Å². The second-order valence-corrected chi connectivity index (χ2v) is 4.57. The minimum absolute atomic E-state index is 1.09. The van der Waals surface area contributed by atoms with Crippen molar-refractivity contribution in [3.05, 3.63) is 54.1 Å². The molecule has 0 spiro atoms. The van der Waals surface area contributed by atoms with E-state index in [-0.39, 0.29) is 0 Å². The summed E-state index contributed by atoms with van der Waals surface area (Å²) in [5, 5.41) is 5.02. The van der Waals surface area contributed by atoms with Crippen molar-refractivity contribution in [2.45, 2.75) is 11.8 Å². The lowest BCUT2D eigenvalue weighted by Crippen LogP contribution is -1.83. The van der Waals surface area contributed by atoms with Crippen LogP contribution in [0.2, 0.25) is 0 Å². The molecule has 0 aliphatic heterocycles. The number of aryl methyl sites for hydroxylation is 1. The average molecular weight is 224 g/mol. The van der Waals surface area contributed by atoms with Crippen LogP contribution in [-0.4, -0.2) is 0 Å². The quantitative estimate of drug-likeness (QED) is 0.419. The summed E-state index contributed by atoms with van der Waals surface area (Å²) in [5.41, 5.74) is 1.29. The van der Waals surface area contributed by atoms with E-state index >= 15 is 0 Å². The summed E-state index contributed by atoms with van der Waals surface area (Å²) in [7, 11) is 0. The second kappa shape index (κ2) is 3.53. The number of fused-ring (bicyclic) bond motifs is 2. The Balaban J connectivity index is 2.62. The fourth-order valence-electron chi connectivity index (χ4n) is 2.27. The van der Waals surface area contributed by atoms with Gasteiger partial charge in [0.1, 0.15) is 0 Å². The van der Waals surface area contributed by atoms with Crippen LogP contribution >= 0.6 is 12.6 Å². The van der Waals surface area contributed by atoms with Crippen molar-refractivity contribution >= 4 is 34.2 Å². The molecule has 78 valence electrons. The van der Waals surface area contributed by atoms with E-state index in [9.17, 15) is 0 Å². The van der Waals surface area contributed by atoms with Crippen molar-refractivity contribution in [1.29, 1.82) is 0 Å². The van der Waals surface area contributed by atoms with Crippen LogP contribution in [0.4, 0.5) is 0 Å². The Morgan fingerprint density at radius 1 is 0.875 bits per heavy atom. The monoisotopic (exact) mass is 224 g/mol. The molecular formula is C15H12S. The highest BCUT2D eigenvalue weighted by Gasteiger charge is 2.05. The molecule has 0 heterocycles. The predicted molar refractivity (Wildman–Crippen MR) is 73.4 cm³/mol. The van der Waals surface area contributed by atoms with Gasteiger partial charge in [0.15, 0.2) is 0 Å². The molecule has 0 radical (unpaired) electrons. The third kappa shape index (κ3) is 1.32. The Labute approximate surface area is 100 Å². The zero-order valence-corrected chi connectivity index (χ0v) is 9.96. The molecule has 0 saturated heterocycles. The molecule has 0 aliphatic rings. The zero-order chi connectivity index (χ0) is 11.1. The van der Waals surface area contributed by atoms with Crippen molar-refractivity contribution < 1.29 is 0 Å². The first kappa shape index (κ1) is 9.73. The molecule has 3 aromatic rings. The van der Waals surface area contributed by atoms with Gasteiger partial charge in [-0.05, 0) is 40.1 Å². The van der Waals surface area contributed by atoms with Gasteiger partial charge < -0.3 is 0 Å². The van der Waals surface area contributed by atoms with Crippen LogP contribution in [0.15, 0.2) is 53.4 Å². The molecule has 0 amide bonds. The molecule has 0 saturated carbocycles. The smallest absolute Gasteiger partial charge is 0.0200 e. The molecule has 0 aliphatic carbocycles. The highest BCUT2D eigenvalue weighted by atomic mass is 32.1. The van der Waals surface area contributed by atoms with E-state index in [1.165, 1.54) is 27.1 Å². The van der Waals surface area contributed by atoms with Crippen molar-refractivity contribution in [1.82, 2.24) is 0 Å². The predicted octanol–water partition coefficient (Wildman–Crippen LogP) is 4.59. The highest BCUT2D eigenvalue weighted by molar-refractivity contribution is 7.80. The Bertz CT molecular complexity index is 683. The molecule has 0 fully saturated rings. The van der Waals surface area contributed by atoms with Crippen molar-refractivity contribution in [2.24, 2.45) is 0 Å². The van der Waals surface area contributed by atoms with E-state index in [0.29, 0.717) is 0 Å². The second-order valence-electron chi connectivity index (χ2n) is 4.12. The van der Waals surface area contributed by atoms with Gasteiger partial charge >= 0.3 is 0 Å². The van der Waals surface area contributed by atoms with Gasteiger partial charge in [0.05, 0.1) is 0 Å². The number of hydrogen-bond donors (Lipinski definition) is 1. The van der Waals surface area contributed by atoms with Crippen LogP contribution in [0.1, 0.15) is 5.56 Å². The number of rotatable bonds is 0. The van der Waals surface area contributed by atoms with E-state index in [4.69, 9.17) is 0 Å². The van der Waals surface area contributed by atoms with Crippen LogP contribution in [-0.2, 0) is 0 Å². The largest absolute Gasteiger partial charge is 0.142 e. The fourth-order valence-corrected chi connectivity index (χ4v) is 2.78. The van der Waals surface area contributed by atoms with Gasteiger partial charge in [0.25, 0.3) is 0 Å². The Kier molecular flexibility index (Phi) is 2.15. The summed E-state index contributed by atoms with van der Waals surface area (Å²) in [6, 6.07) is 17.0. The summed E-state index contributed by atoms with van der Waals surface area (Å²) in [4.78, 5) is 1.09. The highest BCUT2D eigenvalue weighted by Crippen LogP contribution is 2.32. The third-order valence-electron chi connectivity index (χ3n) is 3.07. The number of hydrogen-bond acceptors (Lipinski definition) is 1. The third-order valence-corrected chi connectivity index (χ3v) is 3.53. The maximum absolute atomic E-state index is 4.69. The molecule has 0 N–H and O–H groups in total. The van der Waals surface area contributed by atoms with Crippen LogP contribution in [0.5, 0.6) is 0 Å². The van der Waals surface area contributed by atoms with Crippen LogP contribution < -0.4 is 0 Å². The molecule has 0 unspecified atom stereocenters. The lowest BCUT2D eigenvalue weighted by atomic mass is 10.0. The number of thiol groups is 1. The summed E-state index contributed by atoms with van der Waals surface area (Å²) < 4.78 is 0. The minimum atomic E-state index is 1.09. The summed E-state index contributed by atoms with van der Waals surface area (Å²) in [5.74, 6) is 0. The molecule has 0 atom stereocenters. The molecule has 3 aromatic carbocycles. The molecule has 0 bridgehead atoms. The molecule has 3 rings (SSSR count). The molecule has 1 heteroatoms. The van der Waals surface area contributed by atoms with E-state index in [1.807, 2.05) is 0 Å². The Morgan fingerprint density at radius 3 is 2.50 bits per heavy atom. The number of benzene rings is 3. The van der Waals surface area contributed by atoms with E-state index in [1.54, 1.807) is 0 Å². The Morgan fingerprint density at radius 2 is 1.62 bits per heavy atom. The van der Waals surface area contributed by atoms with Gasteiger partial charge in [-0.1, -0.05) is 42.5 Å². The topological polar surface area (TPSA) is 0 Å². The van der Waals surface area contributed by atoms with Crippen molar-refractivity contribution in [2.75, 3.05) is 0 Å². The standard InChI is InChI=1S/C15H12S/c1-10-5-4-7-12-9-11-6-2-3-8-13(11)15(16)14(10)12/h2-9,16H,1H3. The van der Waals surface area contributed by atoms with Gasteiger partial charge in [0.2, 0.25) is 0 Å². The molecular weight excluding hydrogens is 212 g/mol. The minimum Gasteiger partial charge on any atom is -0.142 e. The first-order valence-corrected chi connectivity index (χ1v) is 5.82. The Hall–Kier alpha value is -1.47. The summed E-state index contributed by atoms with van der Waals surface area (Å²) in [6.07, 6.45) is 0. The van der Waals surface area contributed by atoms with E-state index in [0.717, 1.165) is 4.90 Å². The first-order chi connectivity index (χ1) is 7.77. The average Bonchev–Trinajstić information content (AvgIpc) is 2.29. The van der Waals surface area contributed by atoms with Gasteiger partial charge in [-0.15, -0.1) is 12.6 Å². The zero-order valence-electron chi connectivity index (χ0n) is 9.07. The van der Waals surface area contributed by atoms with Gasteiger partial charge in [-0.3, -0.25) is 0 Å². The lowest BCUT2D eigenvalue weighted by molar-refractivity contribution is 1.49. The normalized spacial score (nSPS) is 11.1. The molecule has 0 nitrogen and oxygen atoms in total. The van der Waals surface area contributed by atoms with Crippen molar-refractivity contribution in [3.8, 4) is 0 Å². The lowest BCUT2D eigenvalue weighted by Gasteiger charge is -2.09. The van der Waals surface area contributed by atoms with Crippen LogP contribution in [0.25, 0.3) is 21.5 Å². The van der Waals surface area contributed by atoms with Gasteiger partial charge in [-0.2, -0.15) is 0 Å². The van der Waals surface area contributed by atoms with E-state index in [2.05, 4.69) is 68.1 Å².